The normalized spacial score (nSPS) is 16.2. The Morgan fingerprint density at radius 3 is 2.65 bits per heavy atom. The van der Waals surface area contributed by atoms with Crippen molar-refractivity contribution in [1.29, 1.82) is 0 Å². The lowest BCUT2D eigenvalue weighted by molar-refractivity contribution is 0.390. The maximum Gasteiger partial charge on any atom is 0.258 e. The molecule has 1 N–H and O–H groups in total. The Kier molecular flexibility index (Phi) is 7.58. The molecule has 0 spiro atoms. The van der Waals surface area contributed by atoms with Crippen LogP contribution in [-0.4, -0.2) is 40.1 Å². The molecular formula is C26H30N4O2S2. The van der Waals surface area contributed by atoms with Gasteiger partial charge in [0.1, 0.15) is 5.75 Å². The fourth-order valence-corrected chi connectivity index (χ4v) is 4.73. The van der Waals surface area contributed by atoms with Crippen LogP contribution in [0.4, 0.5) is 0 Å². The fourth-order valence-electron chi connectivity index (χ4n) is 3.98. The lowest BCUT2D eigenvalue weighted by Crippen LogP contribution is -2.46. The van der Waals surface area contributed by atoms with E-state index in [0.29, 0.717) is 22.7 Å². The summed E-state index contributed by atoms with van der Waals surface area (Å²) in [6.45, 7) is 7.33. The topological polar surface area (TPSA) is 63.4 Å². The standard InChI is InChI=1S/C26H30N4O2S2/c1-16(2)13-14-30-17(3)22(23(27-26(30)33)19-7-6-8-20(15-19)31-4)25-28-24(29-32-25)18-9-11-21(34-5)12-10-18/h6-12,15-16,23H,13-14H2,1-5H3,(H,27,33). The summed E-state index contributed by atoms with van der Waals surface area (Å²) in [6, 6.07) is 15.9. The Labute approximate surface area is 210 Å². The molecule has 0 fully saturated rings. The van der Waals surface area contributed by atoms with Crippen LogP contribution >= 0.6 is 24.0 Å². The first-order chi connectivity index (χ1) is 16.4. The van der Waals surface area contributed by atoms with Crippen molar-refractivity contribution >= 4 is 34.7 Å². The SMILES string of the molecule is COc1cccc(C2NC(=S)N(CCC(C)C)C(C)=C2c2nc(-c3ccc(SC)cc3)no2)c1. The molecule has 1 aromatic heterocycles. The molecule has 4 rings (SSSR count). The van der Waals surface area contributed by atoms with Crippen LogP contribution in [-0.2, 0) is 0 Å². The number of rotatable bonds is 8. The lowest BCUT2D eigenvalue weighted by atomic mass is 9.94. The number of thioether (sulfide) groups is 1. The van der Waals surface area contributed by atoms with Gasteiger partial charge in [-0.2, -0.15) is 4.98 Å². The van der Waals surface area contributed by atoms with Gasteiger partial charge in [-0.1, -0.05) is 31.1 Å². The van der Waals surface area contributed by atoms with Crippen LogP contribution in [0.5, 0.6) is 5.75 Å². The van der Waals surface area contributed by atoms with Gasteiger partial charge in [0.15, 0.2) is 5.11 Å². The summed E-state index contributed by atoms with van der Waals surface area (Å²) in [6.07, 6.45) is 3.08. The predicted molar refractivity (Wildman–Crippen MR) is 142 cm³/mol. The van der Waals surface area contributed by atoms with Gasteiger partial charge in [0.25, 0.3) is 5.89 Å². The molecule has 0 saturated heterocycles. The smallest absolute Gasteiger partial charge is 0.258 e. The van der Waals surface area contributed by atoms with Crippen molar-refractivity contribution in [3.05, 3.63) is 65.7 Å². The van der Waals surface area contributed by atoms with Crippen LogP contribution in [0, 0.1) is 5.92 Å². The third-order valence-electron chi connectivity index (χ3n) is 5.96. The minimum atomic E-state index is -0.231. The average Bonchev–Trinajstić information content (AvgIpc) is 3.33. The number of methoxy groups -OCH3 is 1. The van der Waals surface area contributed by atoms with Crippen LogP contribution in [0.25, 0.3) is 17.0 Å². The van der Waals surface area contributed by atoms with E-state index in [1.807, 2.05) is 30.3 Å². The van der Waals surface area contributed by atoms with Crippen LogP contribution < -0.4 is 10.1 Å². The van der Waals surface area contributed by atoms with Gasteiger partial charge in [-0.3, -0.25) is 0 Å². The van der Waals surface area contributed by atoms with Crippen molar-refractivity contribution in [3.63, 3.8) is 0 Å². The molecule has 2 aromatic carbocycles. The van der Waals surface area contributed by atoms with E-state index in [1.54, 1.807) is 18.9 Å². The number of nitrogens with one attached hydrogen (secondary N) is 1. The van der Waals surface area contributed by atoms with Crippen molar-refractivity contribution in [3.8, 4) is 17.1 Å². The van der Waals surface area contributed by atoms with E-state index >= 15 is 0 Å². The molecule has 0 radical (unpaired) electrons. The van der Waals surface area contributed by atoms with Gasteiger partial charge < -0.3 is 19.5 Å². The zero-order valence-corrected chi connectivity index (χ0v) is 21.8. The number of nitrogens with zero attached hydrogens (tertiary/aromatic N) is 3. The average molecular weight is 495 g/mol. The summed E-state index contributed by atoms with van der Waals surface area (Å²) in [7, 11) is 1.67. The molecule has 0 aliphatic carbocycles. The molecule has 1 aliphatic rings. The molecule has 0 amide bonds. The lowest BCUT2D eigenvalue weighted by Gasteiger charge is -2.37. The Balaban J connectivity index is 1.77. The zero-order valence-electron chi connectivity index (χ0n) is 20.2. The van der Waals surface area contributed by atoms with Crippen molar-refractivity contribution in [2.24, 2.45) is 5.92 Å². The van der Waals surface area contributed by atoms with Crippen molar-refractivity contribution in [2.75, 3.05) is 19.9 Å². The molecule has 1 unspecified atom stereocenters. The Hall–Kier alpha value is -2.84. The monoisotopic (exact) mass is 494 g/mol. The molecule has 3 aromatic rings. The summed E-state index contributed by atoms with van der Waals surface area (Å²) >= 11 is 7.48. The number of hydrogen-bond acceptors (Lipinski definition) is 6. The third kappa shape index (κ3) is 5.13. The highest BCUT2D eigenvalue weighted by molar-refractivity contribution is 7.98. The Morgan fingerprint density at radius 2 is 1.97 bits per heavy atom. The van der Waals surface area contributed by atoms with Crippen LogP contribution in [0.1, 0.15) is 44.7 Å². The molecule has 6 nitrogen and oxygen atoms in total. The maximum atomic E-state index is 5.84. The van der Waals surface area contributed by atoms with Gasteiger partial charge in [-0.05, 0) is 79.7 Å². The zero-order chi connectivity index (χ0) is 24.2. The number of aromatic nitrogens is 2. The summed E-state index contributed by atoms with van der Waals surface area (Å²) < 4.78 is 11.3. The summed E-state index contributed by atoms with van der Waals surface area (Å²) in [5, 5.41) is 8.51. The second-order valence-electron chi connectivity index (χ2n) is 8.64. The number of hydrogen-bond donors (Lipinski definition) is 1. The second-order valence-corrected chi connectivity index (χ2v) is 9.91. The van der Waals surface area contributed by atoms with E-state index in [2.05, 4.69) is 60.6 Å². The summed E-state index contributed by atoms with van der Waals surface area (Å²) in [5.74, 6) is 2.40. The highest BCUT2D eigenvalue weighted by Gasteiger charge is 2.34. The van der Waals surface area contributed by atoms with Gasteiger partial charge in [0.2, 0.25) is 5.82 Å². The Bertz CT molecular complexity index is 1190. The minimum absolute atomic E-state index is 0.231. The van der Waals surface area contributed by atoms with Crippen molar-refractivity contribution in [1.82, 2.24) is 20.4 Å². The molecule has 178 valence electrons. The number of allylic oxidation sites excluding steroid dienone is 1. The molecular weight excluding hydrogens is 464 g/mol. The van der Waals surface area contributed by atoms with E-state index in [4.69, 9.17) is 26.5 Å². The van der Waals surface area contributed by atoms with E-state index in [0.717, 1.165) is 41.1 Å². The first-order valence-electron chi connectivity index (χ1n) is 11.3. The molecule has 0 bridgehead atoms. The van der Waals surface area contributed by atoms with Gasteiger partial charge in [-0.25, -0.2) is 0 Å². The van der Waals surface area contributed by atoms with E-state index < -0.39 is 0 Å². The van der Waals surface area contributed by atoms with Crippen molar-refractivity contribution in [2.45, 2.75) is 38.1 Å². The number of thiocarbonyl (C=S) groups is 1. The van der Waals surface area contributed by atoms with Gasteiger partial charge in [0, 0.05) is 22.7 Å². The van der Waals surface area contributed by atoms with E-state index in [1.165, 1.54) is 4.90 Å². The minimum Gasteiger partial charge on any atom is -0.497 e. The molecule has 1 aliphatic heterocycles. The van der Waals surface area contributed by atoms with Crippen LogP contribution in [0.2, 0.25) is 0 Å². The number of ether oxygens (including phenoxy) is 1. The highest BCUT2D eigenvalue weighted by atomic mass is 32.2. The van der Waals surface area contributed by atoms with E-state index in [9.17, 15) is 0 Å². The first-order valence-corrected chi connectivity index (χ1v) is 13.0. The highest BCUT2D eigenvalue weighted by Crippen LogP contribution is 2.38. The molecule has 1 atom stereocenters. The van der Waals surface area contributed by atoms with Crippen LogP contribution in [0.15, 0.2) is 63.6 Å². The quantitative estimate of drug-likeness (QED) is 0.294. The number of benzene rings is 2. The van der Waals surface area contributed by atoms with Crippen molar-refractivity contribution < 1.29 is 9.26 Å². The van der Waals surface area contributed by atoms with E-state index in [-0.39, 0.29) is 6.04 Å². The summed E-state index contributed by atoms with van der Waals surface area (Å²) in [4.78, 5) is 8.13. The predicted octanol–water partition coefficient (Wildman–Crippen LogP) is 6.18. The second kappa shape index (κ2) is 10.6. The third-order valence-corrected chi connectivity index (χ3v) is 7.04. The van der Waals surface area contributed by atoms with Gasteiger partial charge >= 0.3 is 0 Å². The molecule has 34 heavy (non-hydrogen) atoms. The Morgan fingerprint density at radius 1 is 1.21 bits per heavy atom. The molecule has 2 heterocycles. The molecule has 8 heteroatoms. The van der Waals surface area contributed by atoms with Gasteiger partial charge in [-0.15, -0.1) is 11.8 Å². The van der Waals surface area contributed by atoms with Crippen LogP contribution in [0.3, 0.4) is 0 Å². The van der Waals surface area contributed by atoms with Gasteiger partial charge in [0.05, 0.1) is 18.7 Å². The summed E-state index contributed by atoms with van der Waals surface area (Å²) in [5.41, 5.74) is 3.87. The largest absolute Gasteiger partial charge is 0.497 e. The fraction of sp³-hybridized carbons (Fsp3) is 0.346. The first kappa shape index (κ1) is 24.3. The molecule has 0 saturated carbocycles. The maximum absolute atomic E-state index is 5.84.